The monoisotopic (exact) mass is 264 g/mol. The third-order valence-electron chi connectivity index (χ3n) is 3.75. The van der Waals surface area contributed by atoms with Crippen LogP contribution in [0.4, 0.5) is 11.6 Å². The van der Waals surface area contributed by atoms with Gasteiger partial charge in [-0.1, -0.05) is 26.2 Å². The lowest BCUT2D eigenvalue weighted by atomic mass is 9.94. The highest BCUT2D eigenvalue weighted by Crippen LogP contribution is 2.26. The number of aromatic nitrogens is 2. The number of aryl methyl sites for hydroxylation is 1. The molecule has 2 rings (SSSR count). The number of aliphatic hydroxyl groups excluding tert-OH is 1. The molecule has 0 saturated heterocycles. The number of anilines is 2. The van der Waals surface area contributed by atoms with Crippen LogP contribution in [-0.2, 0) is 6.42 Å². The van der Waals surface area contributed by atoms with Gasteiger partial charge in [-0.15, -0.1) is 0 Å². The van der Waals surface area contributed by atoms with E-state index in [1.165, 1.54) is 32.1 Å². The average molecular weight is 264 g/mol. The second-order valence-corrected chi connectivity index (χ2v) is 5.13. The van der Waals surface area contributed by atoms with Crippen molar-refractivity contribution in [2.75, 3.05) is 23.8 Å². The zero-order valence-electron chi connectivity index (χ0n) is 11.7. The van der Waals surface area contributed by atoms with Gasteiger partial charge in [-0.25, -0.2) is 9.97 Å². The second kappa shape index (κ2) is 6.70. The van der Waals surface area contributed by atoms with Crippen LogP contribution in [-0.4, -0.2) is 34.3 Å². The van der Waals surface area contributed by atoms with Gasteiger partial charge < -0.3 is 15.7 Å². The molecule has 1 heterocycles. The van der Waals surface area contributed by atoms with E-state index >= 15 is 0 Å². The van der Waals surface area contributed by atoms with E-state index < -0.39 is 0 Å². The first kappa shape index (κ1) is 14.1. The van der Waals surface area contributed by atoms with Crippen molar-refractivity contribution in [1.29, 1.82) is 0 Å². The summed E-state index contributed by atoms with van der Waals surface area (Å²) in [5.74, 6) is 2.15. The van der Waals surface area contributed by atoms with E-state index in [9.17, 15) is 5.11 Å². The molecule has 1 saturated carbocycles. The molecule has 1 aliphatic rings. The van der Waals surface area contributed by atoms with Crippen molar-refractivity contribution in [2.45, 2.75) is 51.5 Å². The van der Waals surface area contributed by atoms with Gasteiger partial charge in [0.05, 0.1) is 6.61 Å². The second-order valence-electron chi connectivity index (χ2n) is 5.13. The first-order valence-corrected chi connectivity index (χ1v) is 7.25. The maximum atomic E-state index is 9.31. The zero-order valence-corrected chi connectivity index (χ0v) is 11.7. The highest BCUT2D eigenvalue weighted by Gasteiger charge is 2.22. The summed E-state index contributed by atoms with van der Waals surface area (Å²) in [4.78, 5) is 11.0. The Kier molecular flexibility index (Phi) is 4.96. The normalized spacial score (nSPS) is 16.5. The maximum Gasteiger partial charge on any atom is 0.134 e. The molecule has 0 atom stereocenters. The van der Waals surface area contributed by atoms with Gasteiger partial charge in [-0.2, -0.15) is 0 Å². The van der Waals surface area contributed by atoms with E-state index in [1.54, 1.807) is 0 Å². The van der Waals surface area contributed by atoms with Crippen LogP contribution in [0.25, 0.3) is 0 Å². The third-order valence-corrected chi connectivity index (χ3v) is 3.75. The number of nitrogens with two attached hydrogens (primary N) is 1. The molecule has 106 valence electrons. The van der Waals surface area contributed by atoms with Crippen LogP contribution in [0.5, 0.6) is 0 Å². The summed E-state index contributed by atoms with van der Waals surface area (Å²) >= 11 is 0. The Morgan fingerprint density at radius 1 is 1.32 bits per heavy atom. The number of nitrogen functional groups attached to an aromatic ring is 1. The first-order chi connectivity index (χ1) is 9.24. The molecule has 5 nitrogen and oxygen atoms in total. The van der Waals surface area contributed by atoms with E-state index in [4.69, 9.17) is 5.73 Å². The summed E-state index contributed by atoms with van der Waals surface area (Å²) in [7, 11) is 0. The molecule has 1 aliphatic carbocycles. The van der Waals surface area contributed by atoms with E-state index in [0.717, 1.165) is 18.1 Å². The fraction of sp³-hybridized carbons (Fsp3) is 0.714. The lowest BCUT2D eigenvalue weighted by Gasteiger charge is -2.35. The Balaban J connectivity index is 2.24. The SMILES string of the molecule is CCc1nc(N)cc(N(CCO)C2CCCCC2)n1. The van der Waals surface area contributed by atoms with Gasteiger partial charge in [0.2, 0.25) is 0 Å². The van der Waals surface area contributed by atoms with Crippen LogP contribution in [0.15, 0.2) is 6.07 Å². The van der Waals surface area contributed by atoms with Gasteiger partial charge in [-0.05, 0) is 12.8 Å². The third kappa shape index (κ3) is 3.56. The molecule has 0 radical (unpaired) electrons. The van der Waals surface area contributed by atoms with Crippen molar-refractivity contribution in [3.05, 3.63) is 11.9 Å². The van der Waals surface area contributed by atoms with Gasteiger partial charge >= 0.3 is 0 Å². The van der Waals surface area contributed by atoms with Gasteiger partial charge in [0.1, 0.15) is 17.5 Å². The van der Waals surface area contributed by atoms with Gasteiger partial charge in [-0.3, -0.25) is 0 Å². The topological polar surface area (TPSA) is 75.3 Å². The molecule has 1 fully saturated rings. The van der Waals surface area contributed by atoms with E-state index in [0.29, 0.717) is 18.4 Å². The minimum absolute atomic E-state index is 0.141. The minimum atomic E-state index is 0.141. The molecule has 0 amide bonds. The molecular formula is C14H24N4O. The Bertz CT molecular complexity index is 404. The van der Waals surface area contributed by atoms with Crippen molar-refractivity contribution < 1.29 is 5.11 Å². The minimum Gasteiger partial charge on any atom is -0.395 e. The maximum absolute atomic E-state index is 9.31. The quantitative estimate of drug-likeness (QED) is 0.847. The van der Waals surface area contributed by atoms with E-state index in [-0.39, 0.29) is 6.61 Å². The molecule has 5 heteroatoms. The van der Waals surface area contributed by atoms with Gasteiger partial charge in [0, 0.05) is 25.1 Å². The Labute approximate surface area is 114 Å². The fourth-order valence-corrected chi connectivity index (χ4v) is 2.79. The van der Waals surface area contributed by atoms with Gasteiger partial charge in [0.15, 0.2) is 0 Å². The summed E-state index contributed by atoms with van der Waals surface area (Å²) in [6.07, 6.45) is 6.95. The standard InChI is InChI=1S/C14H24N4O/c1-2-13-16-12(15)10-14(17-13)18(8-9-19)11-6-4-3-5-7-11/h10-11,19H,2-9H2,1H3,(H2,15,16,17). The van der Waals surface area contributed by atoms with Crippen molar-refractivity contribution >= 4 is 11.6 Å². The van der Waals surface area contributed by atoms with Gasteiger partial charge in [0.25, 0.3) is 0 Å². The van der Waals surface area contributed by atoms with Crippen molar-refractivity contribution in [3.8, 4) is 0 Å². The lowest BCUT2D eigenvalue weighted by Crippen LogP contribution is -2.39. The summed E-state index contributed by atoms with van der Waals surface area (Å²) in [5, 5.41) is 9.31. The highest BCUT2D eigenvalue weighted by atomic mass is 16.3. The van der Waals surface area contributed by atoms with Crippen LogP contribution >= 0.6 is 0 Å². The Morgan fingerprint density at radius 2 is 2.05 bits per heavy atom. The molecule has 0 unspecified atom stereocenters. The summed E-state index contributed by atoms with van der Waals surface area (Å²) in [6, 6.07) is 2.29. The molecule has 19 heavy (non-hydrogen) atoms. The van der Waals surface area contributed by atoms with Crippen LogP contribution in [0.3, 0.4) is 0 Å². The number of rotatable bonds is 5. The molecule has 1 aromatic heterocycles. The number of hydrogen-bond acceptors (Lipinski definition) is 5. The largest absolute Gasteiger partial charge is 0.395 e. The number of hydrogen-bond donors (Lipinski definition) is 2. The lowest BCUT2D eigenvalue weighted by molar-refractivity contribution is 0.289. The fourth-order valence-electron chi connectivity index (χ4n) is 2.79. The smallest absolute Gasteiger partial charge is 0.134 e. The van der Waals surface area contributed by atoms with Crippen LogP contribution in [0.1, 0.15) is 44.9 Å². The van der Waals surface area contributed by atoms with E-state index in [2.05, 4.69) is 14.9 Å². The predicted octanol–water partition coefficient (Wildman–Crippen LogP) is 1.75. The van der Waals surface area contributed by atoms with E-state index in [1.807, 2.05) is 13.0 Å². The predicted molar refractivity (Wildman–Crippen MR) is 77.1 cm³/mol. The molecule has 1 aromatic rings. The Hall–Kier alpha value is -1.36. The highest BCUT2D eigenvalue weighted by molar-refractivity contribution is 5.48. The zero-order chi connectivity index (χ0) is 13.7. The summed E-state index contributed by atoms with van der Waals surface area (Å²) in [6.45, 7) is 2.78. The number of aliphatic hydroxyl groups is 1. The molecule has 0 spiro atoms. The molecule has 0 aromatic carbocycles. The Morgan fingerprint density at radius 3 is 2.68 bits per heavy atom. The van der Waals surface area contributed by atoms with Crippen LogP contribution < -0.4 is 10.6 Å². The average Bonchev–Trinajstić information content (AvgIpc) is 2.45. The van der Waals surface area contributed by atoms with Crippen molar-refractivity contribution in [1.82, 2.24) is 9.97 Å². The number of nitrogens with zero attached hydrogens (tertiary/aromatic N) is 3. The summed E-state index contributed by atoms with van der Waals surface area (Å²) < 4.78 is 0. The van der Waals surface area contributed by atoms with Crippen molar-refractivity contribution in [3.63, 3.8) is 0 Å². The molecule has 3 N–H and O–H groups in total. The molecule has 0 aliphatic heterocycles. The first-order valence-electron chi connectivity index (χ1n) is 7.25. The summed E-state index contributed by atoms with van der Waals surface area (Å²) in [5.41, 5.74) is 5.86. The molecular weight excluding hydrogens is 240 g/mol. The van der Waals surface area contributed by atoms with Crippen LogP contribution in [0.2, 0.25) is 0 Å². The van der Waals surface area contributed by atoms with Crippen molar-refractivity contribution in [2.24, 2.45) is 0 Å². The molecule has 0 bridgehead atoms. The van der Waals surface area contributed by atoms with Crippen LogP contribution in [0, 0.1) is 0 Å².